The molecule has 1 nitrogen and oxygen atoms in total. The molecule has 0 aliphatic heterocycles. The van der Waals surface area contributed by atoms with E-state index in [2.05, 4.69) is 24.9 Å². The van der Waals surface area contributed by atoms with Gasteiger partial charge >= 0.3 is 0 Å². The maximum Gasteiger partial charge on any atom is 0.204 e. The van der Waals surface area contributed by atoms with E-state index in [1.54, 1.807) is 0 Å². The molecule has 0 unspecified atom stereocenters. The van der Waals surface area contributed by atoms with Gasteiger partial charge in [0.25, 0.3) is 0 Å². The fraction of sp³-hybridized carbons (Fsp3) is 0.667. The Morgan fingerprint density at radius 3 is 2.73 bits per heavy atom. The van der Waals surface area contributed by atoms with Crippen molar-refractivity contribution in [3.8, 4) is 11.5 Å². The van der Waals surface area contributed by atoms with Gasteiger partial charge in [-0.2, -0.15) is 0 Å². The predicted molar refractivity (Wildman–Crippen MR) is 51.3 cm³/mol. The van der Waals surface area contributed by atoms with Gasteiger partial charge in [-0.3, -0.25) is 4.79 Å². The molecular formula is C9H16OSi. The van der Waals surface area contributed by atoms with Gasteiger partial charge in [0.05, 0.1) is 0 Å². The van der Waals surface area contributed by atoms with Crippen molar-refractivity contribution in [3.63, 3.8) is 0 Å². The lowest BCUT2D eigenvalue weighted by atomic mass is 10.1. The third kappa shape index (κ3) is 7.34. The molecule has 2 heteroatoms. The van der Waals surface area contributed by atoms with Crippen molar-refractivity contribution < 1.29 is 4.79 Å². The standard InChI is InChI=1S/C9H16OSi/c1-3-4-5-6-9(10)7-8-11-2/h3-6,11H2,1-2H3. The summed E-state index contributed by atoms with van der Waals surface area (Å²) in [5.74, 6) is 2.80. The van der Waals surface area contributed by atoms with Crippen LogP contribution in [0.2, 0.25) is 6.55 Å². The highest BCUT2D eigenvalue weighted by Gasteiger charge is 1.94. The molecule has 0 saturated carbocycles. The first kappa shape index (κ1) is 10.4. The van der Waals surface area contributed by atoms with Gasteiger partial charge in [-0.1, -0.05) is 26.3 Å². The third-order valence-corrected chi connectivity index (χ3v) is 1.94. The number of hydrogen-bond acceptors (Lipinski definition) is 1. The van der Waals surface area contributed by atoms with Gasteiger partial charge in [-0.25, -0.2) is 0 Å². The lowest BCUT2D eigenvalue weighted by molar-refractivity contribution is -0.113. The topological polar surface area (TPSA) is 17.1 Å². The zero-order valence-electron chi connectivity index (χ0n) is 7.44. The summed E-state index contributed by atoms with van der Waals surface area (Å²) in [6.45, 7) is 4.22. The summed E-state index contributed by atoms with van der Waals surface area (Å²) in [7, 11) is -0.239. The average molecular weight is 168 g/mol. The second-order valence-corrected chi connectivity index (χ2v) is 3.60. The van der Waals surface area contributed by atoms with E-state index < -0.39 is 0 Å². The monoisotopic (exact) mass is 168 g/mol. The lowest BCUT2D eigenvalue weighted by Gasteiger charge is -1.90. The molecule has 11 heavy (non-hydrogen) atoms. The maximum atomic E-state index is 10.9. The molecule has 0 rings (SSSR count). The maximum absolute atomic E-state index is 10.9. The molecule has 0 aromatic carbocycles. The Bertz CT molecular complexity index is 164. The van der Waals surface area contributed by atoms with Gasteiger partial charge in [-0.15, -0.1) is 5.54 Å². The molecule has 0 bridgehead atoms. The molecule has 0 aliphatic carbocycles. The minimum Gasteiger partial charge on any atom is -0.285 e. The van der Waals surface area contributed by atoms with Crippen LogP contribution in [0.5, 0.6) is 0 Å². The summed E-state index contributed by atoms with van der Waals surface area (Å²) in [4.78, 5) is 10.9. The van der Waals surface area contributed by atoms with Crippen LogP contribution >= 0.6 is 0 Å². The zero-order chi connectivity index (χ0) is 8.53. The molecule has 0 fully saturated rings. The van der Waals surface area contributed by atoms with Crippen LogP contribution in [0.25, 0.3) is 0 Å². The van der Waals surface area contributed by atoms with Crippen molar-refractivity contribution in [2.24, 2.45) is 0 Å². The van der Waals surface area contributed by atoms with Crippen LogP contribution < -0.4 is 0 Å². The van der Waals surface area contributed by atoms with E-state index in [9.17, 15) is 4.79 Å². The molecule has 62 valence electrons. The van der Waals surface area contributed by atoms with E-state index in [0.717, 1.165) is 12.8 Å². The van der Waals surface area contributed by atoms with Gasteiger partial charge in [0, 0.05) is 6.42 Å². The number of carbonyl (C=O) groups excluding carboxylic acids is 1. The van der Waals surface area contributed by atoms with Crippen molar-refractivity contribution in [2.45, 2.75) is 39.2 Å². The fourth-order valence-electron chi connectivity index (χ4n) is 0.785. The van der Waals surface area contributed by atoms with Crippen LogP contribution in [0, 0.1) is 11.5 Å². The first-order valence-electron chi connectivity index (χ1n) is 4.33. The van der Waals surface area contributed by atoms with E-state index in [-0.39, 0.29) is 15.3 Å². The summed E-state index contributed by atoms with van der Waals surface area (Å²) in [5, 5.41) is 0. The second-order valence-electron chi connectivity index (χ2n) is 2.54. The first-order chi connectivity index (χ1) is 5.31. The van der Waals surface area contributed by atoms with Crippen molar-refractivity contribution in [1.82, 2.24) is 0 Å². The van der Waals surface area contributed by atoms with E-state index in [4.69, 9.17) is 0 Å². The Morgan fingerprint density at radius 2 is 2.18 bits per heavy atom. The Kier molecular flexibility index (Phi) is 7.17. The molecule has 0 spiro atoms. The Labute approximate surface area is 71.4 Å². The summed E-state index contributed by atoms with van der Waals surface area (Å²) >= 11 is 0. The van der Waals surface area contributed by atoms with E-state index in [1.165, 1.54) is 6.42 Å². The van der Waals surface area contributed by atoms with E-state index >= 15 is 0 Å². The van der Waals surface area contributed by atoms with Gasteiger partial charge in [0.2, 0.25) is 5.78 Å². The van der Waals surface area contributed by atoms with Gasteiger partial charge in [-0.05, 0) is 12.3 Å². The van der Waals surface area contributed by atoms with Crippen molar-refractivity contribution in [1.29, 1.82) is 0 Å². The summed E-state index contributed by atoms with van der Waals surface area (Å²) in [5.41, 5.74) is 2.91. The number of hydrogen-bond donors (Lipinski definition) is 0. The number of carbonyl (C=O) groups is 1. The van der Waals surface area contributed by atoms with Crippen LogP contribution in [0.3, 0.4) is 0 Å². The van der Waals surface area contributed by atoms with Crippen molar-refractivity contribution >= 4 is 15.3 Å². The number of Topliss-reactive ketones (excluding diaryl/α,β-unsaturated/α-hetero) is 1. The Balaban J connectivity index is 3.37. The van der Waals surface area contributed by atoms with Crippen LogP contribution in [0.1, 0.15) is 32.6 Å². The molecule has 0 aliphatic rings. The highest BCUT2D eigenvalue weighted by atomic mass is 28.2. The molecule has 0 aromatic heterocycles. The van der Waals surface area contributed by atoms with Crippen LogP contribution in [0.15, 0.2) is 0 Å². The molecule has 0 amide bonds. The molecule has 0 heterocycles. The lowest BCUT2D eigenvalue weighted by Crippen LogP contribution is -1.93. The summed E-state index contributed by atoms with van der Waals surface area (Å²) < 4.78 is 0. The normalized spacial score (nSPS) is 9.64. The largest absolute Gasteiger partial charge is 0.285 e. The molecule has 0 aromatic rings. The summed E-state index contributed by atoms with van der Waals surface area (Å²) in [6, 6.07) is 0. The number of rotatable bonds is 4. The second kappa shape index (κ2) is 7.55. The minimum absolute atomic E-state index is 0.132. The van der Waals surface area contributed by atoms with Gasteiger partial charge in [0.1, 0.15) is 9.52 Å². The van der Waals surface area contributed by atoms with Crippen molar-refractivity contribution in [3.05, 3.63) is 0 Å². The fourth-order valence-corrected chi connectivity index (χ4v) is 1.16. The van der Waals surface area contributed by atoms with Crippen molar-refractivity contribution in [2.75, 3.05) is 0 Å². The quantitative estimate of drug-likeness (QED) is 0.351. The number of unbranched alkanes of at least 4 members (excludes halogenated alkanes) is 2. The minimum atomic E-state index is -0.239. The van der Waals surface area contributed by atoms with E-state index in [0.29, 0.717) is 6.42 Å². The van der Waals surface area contributed by atoms with Gasteiger partial charge < -0.3 is 0 Å². The number of ketones is 1. The molecule has 0 N–H and O–H groups in total. The highest BCUT2D eigenvalue weighted by Crippen LogP contribution is 1.98. The smallest absolute Gasteiger partial charge is 0.204 e. The molecule has 0 atom stereocenters. The summed E-state index contributed by atoms with van der Waals surface area (Å²) in [6.07, 6.45) is 3.99. The zero-order valence-corrected chi connectivity index (χ0v) is 8.86. The molecule has 0 saturated heterocycles. The average Bonchev–Trinajstić information content (AvgIpc) is 2.01. The van der Waals surface area contributed by atoms with E-state index in [1.807, 2.05) is 0 Å². The Hall–Kier alpha value is -0.553. The Morgan fingerprint density at radius 1 is 1.45 bits per heavy atom. The predicted octanol–water partition coefficient (Wildman–Crippen LogP) is 1.31. The van der Waals surface area contributed by atoms with Crippen LogP contribution in [-0.4, -0.2) is 15.3 Å². The van der Waals surface area contributed by atoms with Gasteiger partial charge in [0.15, 0.2) is 0 Å². The highest BCUT2D eigenvalue weighted by molar-refractivity contribution is 6.45. The van der Waals surface area contributed by atoms with Crippen LogP contribution in [0.4, 0.5) is 0 Å². The SMILES string of the molecule is CCCCCC(=O)C#C[SiH2]C. The molecular weight excluding hydrogens is 152 g/mol. The van der Waals surface area contributed by atoms with Crippen LogP contribution in [-0.2, 0) is 4.79 Å². The molecule has 0 radical (unpaired) electrons. The third-order valence-electron chi connectivity index (χ3n) is 1.41. The first-order valence-corrected chi connectivity index (χ1v) is 6.45.